The highest BCUT2D eigenvalue weighted by Gasteiger charge is 2.05. The molecule has 0 aliphatic carbocycles. The molecule has 3 aromatic carbocycles. The SMILES string of the molecule is CCCOc1ccc(NC(=O)CNc2ccc(NC(=O)CCc3ccccc3)cc2)cc1. The van der Waals surface area contributed by atoms with Crippen molar-refractivity contribution in [2.45, 2.75) is 26.2 Å². The average Bonchev–Trinajstić information content (AvgIpc) is 2.82. The lowest BCUT2D eigenvalue weighted by Gasteiger charge is -2.10. The normalized spacial score (nSPS) is 10.3. The highest BCUT2D eigenvalue weighted by Crippen LogP contribution is 2.17. The Bertz CT molecular complexity index is 987. The Balaban J connectivity index is 1.39. The quantitative estimate of drug-likeness (QED) is 0.395. The molecule has 0 atom stereocenters. The van der Waals surface area contributed by atoms with E-state index in [1.54, 1.807) is 0 Å². The lowest BCUT2D eigenvalue weighted by atomic mass is 10.1. The van der Waals surface area contributed by atoms with Crippen LogP contribution in [-0.4, -0.2) is 25.0 Å². The van der Waals surface area contributed by atoms with E-state index in [0.717, 1.165) is 29.1 Å². The number of amides is 2. The minimum atomic E-state index is -0.148. The van der Waals surface area contributed by atoms with E-state index in [0.29, 0.717) is 25.1 Å². The molecule has 0 unspecified atom stereocenters. The van der Waals surface area contributed by atoms with Crippen molar-refractivity contribution in [3.8, 4) is 5.75 Å². The number of benzene rings is 3. The topological polar surface area (TPSA) is 79.5 Å². The van der Waals surface area contributed by atoms with Crippen LogP contribution in [0.25, 0.3) is 0 Å². The number of nitrogens with one attached hydrogen (secondary N) is 3. The summed E-state index contributed by atoms with van der Waals surface area (Å²) in [7, 11) is 0. The highest BCUT2D eigenvalue weighted by atomic mass is 16.5. The largest absolute Gasteiger partial charge is 0.494 e. The van der Waals surface area contributed by atoms with Gasteiger partial charge in [0.1, 0.15) is 5.75 Å². The number of carbonyl (C=O) groups is 2. The zero-order valence-corrected chi connectivity index (χ0v) is 18.3. The van der Waals surface area contributed by atoms with Crippen molar-refractivity contribution in [3.05, 3.63) is 84.4 Å². The van der Waals surface area contributed by atoms with Crippen molar-refractivity contribution in [1.29, 1.82) is 0 Å². The second-order valence-electron chi connectivity index (χ2n) is 7.39. The third kappa shape index (κ3) is 7.80. The Hall–Kier alpha value is -3.80. The number of carbonyl (C=O) groups excluding carboxylic acids is 2. The molecule has 0 saturated heterocycles. The second-order valence-corrected chi connectivity index (χ2v) is 7.39. The van der Waals surface area contributed by atoms with Crippen LogP contribution < -0.4 is 20.7 Å². The molecule has 0 radical (unpaired) electrons. The van der Waals surface area contributed by atoms with Gasteiger partial charge in [-0.1, -0.05) is 37.3 Å². The third-order valence-corrected chi connectivity index (χ3v) is 4.72. The van der Waals surface area contributed by atoms with E-state index >= 15 is 0 Å². The fraction of sp³-hybridized carbons (Fsp3) is 0.231. The van der Waals surface area contributed by atoms with Gasteiger partial charge in [0.25, 0.3) is 0 Å². The van der Waals surface area contributed by atoms with Crippen molar-refractivity contribution in [3.63, 3.8) is 0 Å². The Morgan fingerprint density at radius 1 is 0.750 bits per heavy atom. The van der Waals surface area contributed by atoms with Gasteiger partial charge in [0, 0.05) is 23.5 Å². The first-order valence-electron chi connectivity index (χ1n) is 10.8. The van der Waals surface area contributed by atoms with E-state index in [-0.39, 0.29) is 18.4 Å². The number of ether oxygens (including phenoxy) is 1. The standard InChI is InChI=1S/C26H29N3O3/c1-2-18-32-24-15-13-23(14-16-24)29-26(31)19-27-21-9-11-22(12-10-21)28-25(30)17-8-20-6-4-3-5-7-20/h3-7,9-16,27H,2,8,17-19H2,1H3,(H,28,30)(H,29,31). The van der Waals surface area contributed by atoms with Crippen molar-refractivity contribution in [2.75, 3.05) is 29.1 Å². The summed E-state index contributed by atoms with van der Waals surface area (Å²) in [6.07, 6.45) is 2.08. The molecule has 6 heteroatoms. The first kappa shape index (κ1) is 22.9. The number of hydrogen-bond acceptors (Lipinski definition) is 4. The zero-order valence-electron chi connectivity index (χ0n) is 18.3. The van der Waals surface area contributed by atoms with Crippen LogP contribution in [0.1, 0.15) is 25.3 Å². The third-order valence-electron chi connectivity index (χ3n) is 4.72. The van der Waals surface area contributed by atoms with Crippen LogP contribution >= 0.6 is 0 Å². The maximum absolute atomic E-state index is 12.2. The maximum Gasteiger partial charge on any atom is 0.243 e. The minimum absolute atomic E-state index is 0.0277. The molecule has 0 aromatic heterocycles. The van der Waals surface area contributed by atoms with E-state index in [9.17, 15) is 9.59 Å². The first-order chi connectivity index (χ1) is 15.6. The number of hydrogen-bond donors (Lipinski definition) is 3. The molecule has 3 aromatic rings. The second kappa shape index (κ2) is 12.2. The van der Waals surface area contributed by atoms with Crippen LogP contribution in [0.5, 0.6) is 5.75 Å². The van der Waals surface area contributed by atoms with E-state index in [1.165, 1.54) is 0 Å². The van der Waals surface area contributed by atoms with Gasteiger partial charge in [-0.25, -0.2) is 0 Å². The van der Waals surface area contributed by atoms with Gasteiger partial charge >= 0.3 is 0 Å². The lowest BCUT2D eigenvalue weighted by molar-refractivity contribution is -0.116. The summed E-state index contributed by atoms with van der Waals surface area (Å²) in [5.74, 6) is 0.612. The fourth-order valence-electron chi connectivity index (χ4n) is 3.04. The van der Waals surface area contributed by atoms with Crippen molar-refractivity contribution in [1.82, 2.24) is 0 Å². The molecule has 0 aliphatic heterocycles. The molecule has 166 valence electrons. The number of rotatable bonds is 11. The molecule has 0 aliphatic rings. The van der Waals surface area contributed by atoms with Crippen LogP contribution in [-0.2, 0) is 16.0 Å². The van der Waals surface area contributed by atoms with E-state index in [1.807, 2.05) is 78.9 Å². The van der Waals surface area contributed by atoms with Gasteiger partial charge in [-0.15, -0.1) is 0 Å². The molecular weight excluding hydrogens is 402 g/mol. The number of anilines is 3. The van der Waals surface area contributed by atoms with Gasteiger partial charge in [-0.05, 0) is 66.9 Å². The Morgan fingerprint density at radius 2 is 1.34 bits per heavy atom. The summed E-state index contributed by atoms with van der Waals surface area (Å²) in [5.41, 5.74) is 3.38. The smallest absolute Gasteiger partial charge is 0.243 e. The summed E-state index contributed by atoms with van der Waals surface area (Å²) < 4.78 is 5.54. The molecule has 0 heterocycles. The number of aryl methyl sites for hydroxylation is 1. The van der Waals surface area contributed by atoms with Gasteiger partial charge in [0.2, 0.25) is 11.8 Å². The van der Waals surface area contributed by atoms with E-state index < -0.39 is 0 Å². The van der Waals surface area contributed by atoms with E-state index in [4.69, 9.17) is 4.74 Å². The van der Waals surface area contributed by atoms with Gasteiger partial charge in [0.15, 0.2) is 0 Å². The summed E-state index contributed by atoms with van der Waals surface area (Å²) >= 11 is 0. The first-order valence-corrected chi connectivity index (χ1v) is 10.8. The van der Waals surface area contributed by atoms with Crippen LogP contribution in [0.15, 0.2) is 78.9 Å². The predicted molar refractivity (Wildman–Crippen MR) is 129 cm³/mol. The molecule has 0 spiro atoms. The van der Waals surface area contributed by atoms with Crippen molar-refractivity contribution < 1.29 is 14.3 Å². The van der Waals surface area contributed by atoms with E-state index in [2.05, 4.69) is 22.9 Å². The zero-order chi connectivity index (χ0) is 22.6. The maximum atomic E-state index is 12.2. The Morgan fingerprint density at radius 3 is 2.00 bits per heavy atom. The van der Waals surface area contributed by atoms with Gasteiger partial charge < -0.3 is 20.7 Å². The van der Waals surface area contributed by atoms with Crippen LogP contribution in [0, 0.1) is 0 Å². The molecule has 0 bridgehead atoms. The molecule has 3 N–H and O–H groups in total. The van der Waals surface area contributed by atoms with Crippen LogP contribution in [0.4, 0.5) is 17.1 Å². The summed E-state index contributed by atoms with van der Waals surface area (Å²) in [5, 5.41) is 8.83. The summed E-state index contributed by atoms with van der Waals surface area (Å²) in [6, 6.07) is 24.5. The molecule has 0 fully saturated rings. The predicted octanol–water partition coefficient (Wildman–Crippen LogP) is 5.10. The van der Waals surface area contributed by atoms with Crippen molar-refractivity contribution in [2.24, 2.45) is 0 Å². The van der Waals surface area contributed by atoms with Gasteiger partial charge in [0.05, 0.1) is 13.2 Å². The Labute approximate surface area is 189 Å². The van der Waals surface area contributed by atoms with Crippen LogP contribution in [0.2, 0.25) is 0 Å². The molecular formula is C26H29N3O3. The molecule has 6 nitrogen and oxygen atoms in total. The van der Waals surface area contributed by atoms with Crippen molar-refractivity contribution >= 4 is 28.9 Å². The van der Waals surface area contributed by atoms with Crippen LogP contribution in [0.3, 0.4) is 0 Å². The minimum Gasteiger partial charge on any atom is -0.494 e. The summed E-state index contributed by atoms with van der Waals surface area (Å²) in [6.45, 7) is 2.86. The van der Waals surface area contributed by atoms with Gasteiger partial charge in [-0.2, -0.15) is 0 Å². The average molecular weight is 432 g/mol. The fourth-order valence-corrected chi connectivity index (χ4v) is 3.04. The lowest BCUT2D eigenvalue weighted by Crippen LogP contribution is -2.21. The Kier molecular flexibility index (Phi) is 8.69. The monoisotopic (exact) mass is 431 g/mol. The highest BCUT2D eigenvalue weighted by molar-refractivity contribution is 5.94. The molecule has 3 rings (SSSR count). The molecule has 32 heavy (non-hydrogen) atoms. The summed E-state index contributed by atoms with van der Waals surface area (Å²) in [4.78, 5) is 24.3. The molecule has 2 amide bonds. The van der Waals surface area contributed by atoms with Gasteiger partial charge in [-0.3, -0.25) is 9.59 Å². The molecule has 0 saturated carbocycles.